The molecule has 4 nitrogen and oxygen atoms in total. The van der Waals surface area contributed by atoms with Crippen LogP contribution in [-0.4, -0.2) is 9.97 Å². The molecule has 0 saturated heterocycles. The molecule has 26 heavy (non-hydrogen) atoms. The molecule has 0 spiro atoms. The molecule has 1 N–H and O–H groups in total. The monoisotopic (exact) mass is 376 g/mol. The first-order valence-electron chi connectivity index (χ1n) is 7.97. The molecule has 126 valence electrons. The van der Waals surface area contributed by atoms with Gasteiger partial charge in [0, 0.05) is 17.1 Å². The van der Waals surface area contributed by atoms with Gasteiger partial charge in [0.05, 0.1) is 5.39 Å². The zero-order valence-corrected chi connectivity index (χ0v) is 15.2. The fourth-order valence-corrected chi connectivity index (χ4v) is 3.91. The number of nitrogens with zero attached hydrogens (tertiary/aromatic N) is 3. The van der Waals surface area contributed by atoms with Crippen molar-refractivity contribution in [1.82, 2.24) is 9.97 Å². The first-order chi connectivity index (χ1) is 12.8. The van der Waals surface area contributed by atoms with Gasteiger partial charge in [0.25, 0.3) is 0 Å². The Morgan fingerprint density at radius 3 is 2.54 bits per heavy atom. The molecule has 0 fully saturated rings. The maximum Gasteiger partial charge on any atom is 0.139 e. The second kappa shape index (κ2) is 7.12. The number of nitrogens with one attached hydrogen (secondary N) is 1. The van der Waals surface area contributed by atoms with Crippen molar-refractivity contribution >= 4 is 39.0 Å². The minimum absolute atomic E-state index is 0.616. The van der Waals surface area contributed by atoms with Gasteiger partial charge in [0.1, 0.15) is 27.9 Å². The van der Waals surface area contributed by atoms with Crippen LogP contribution in [0.15, 0.2) is 60.9 Å². The summed E-state index contributed by atoms with van der Waals surface area (Å²) in [4.78, 5) is 10.2. The summed E-state index contributed by atoms with van der Waals surface area (Å²) in [5, 5.41) is 14.5. The van der Waals surface area contributed by atoms with Crippen LogP contribution in [0.5, 0.6) is 0 Å². The SMILES string of the molecule is N#Cc1sc2ncnc(NCc3ccccc3)c2c1-c1ccc(Cl)cc1. The number of rotatable bonds is 4. The summed E-state index contributed by atoms with van der Waals surface area (Å²) in [6, 6.07) is 19.9. The van der Waals surface area contributed by atoms with Gasteiger partial charge >= 0.3 is 0 Å². The Labute approximate surface area is 159 Å². The number of nitriles is 1. The highest BCUT2D eigenvalue weighted by Crippen LogP contribution is 2.40. The summed E-state index contributed by atoms with van der Waals surface area (Å²) >= 11 is 7.39. The highest BCUT2D eigenvalue weighted by molar-refractivity contribution is 7.19. The minimum atomic E-state index is 0.616. The Hall–Kier alpha value is -2.94. The first kappa shape index (κ1) is 16.5. The van der Waals surface area contributed by atoms with E-state index in [9.17, 15) is 5.26 Å². The average molecular weight is 377 g/mol. The van der Waals surface area contributed by atoms with Crippen molar-refractivity contribution in [2.24, 2.45) is 0 Å². The number of hydrogen-bond donors (Lipinski definition) is 1. The van der Waals surface area contributed by atoms with Gasteiger partial charge in [-0.25, -0.2) is 9.97 Å². The topological polar surface area (TPSA) is 61.6 Å². The van der Waals surface area contributed by atoms with Gasteiger partial charge in [0.2, 0.25) is 0 Å². The molecule has 0 unspecified atom stereocenters. The molecule has 0 saturated carbocycles. The van der Waals surface area contributed by atoms with E-state index in [0.29, 0.717) is 16.4 Å². The van der Waals surface area contributed by atoms with Gasteiger partial charge in [-0.05, 0) is 23.3 Å². The van der Waals surface area contributed by atoms with Gasteiger partial charge in [-0.15, -0.1) is 11.3 Å². The summed E-state index contributed by atoms with van der Waals surface area (Å²) < 4.78 is 0. The van der Waals surface area contributed by atoms with E-state index in [1.807, 2.05) is 42.5 Å². The Balaban J connectivity index is 1.82. The van der Waals surface area contributed by atoms with Crippen LogP contribution in [-0.2, 0) is 6.54 Å². The van der Waals surface area contributed by atoms with Crippen LogP contribution >= 0.6 is 22.9 Å². The Morgan fingerprint density at radius 2 is 1.81 bits per heavy atom. The van der Waals surface area contributed by atoms with Gasteiger partial charge < -0.3 is 5.32 Å². The van der Waals surface area contributed by atoms with Gasteiger partial charge in [-0.2, -0.15) is 5.26 Å². The van der Waals surface area contributed by atoms with E-state index in [1.165, 1.54) is 17.7 Å². The van der Waals surface area contributed by atoms with Crippen LogP contribution in [0.1, 0.15) is 10.4 Å². The number of thiophene rings is 1. The molecule has 2 heterocycles. The van der Waals surface area contributed by atoms with Crippen molar-refractivity contribution in [3.05, 3.63) is 76.4 Å². The van der Waals surface area contributed by atoms with Crippen LogP contribution in [0.25, 0.3) is 21.3 Å². The normalized spacial score (nSPS) is 10.6. The standard InChI is InChI=1S/C20H13ClN4S/c21-15-8-6-14(7-9-15)17-16(10-22)26-20-18(17)19(24-12-25-20)23-11-13-4-2-1-3-5-13/h1-9,12H,11H2,(H,23,24,25). The lowest BCUT2D eigenvalue weighted by Gasteiger charge is -2.09. The average Bonchev–Trinajstić information content (AvgIpc) is 3.07. The quantitative estimate of drug-likeness (QED) is 0.511. The Kier molecular flexibility index (Phi) is 4.53. The van der Waals surface area contributed by atoms with Crippen LogP contribution in [0.2, 0.25) is 5.02 Å². The smallest absolute Gasteiger partial charge is 0.139 e. The van der Waals surface area contributed by atoms with Crippen molar-refractivity contribution in [1.29, 1.82) is 5.26 Å². The second-order valence-corrected chi connectivity index (χ2v) is 7.10. The number of fused-ring (bicyclic) bond motifs is 1. The molecule has 6 heteroatoms. The van der Waals surface area contributed by atoms with Crippen molar-refractivity contribution in [2.45, 2.75) is 6.54 Å². The molecule has 0 aliphatic rings. The van der Waals surface area contributed by atoms with Gasteiger partial charge in [0.15, 0.2) is 0 Å². The lowest BCUT2D eigenvalue weighted by atomic mass is 10.0. The lowest BCUT2D eigenvalue weighted by Crippen LogP contribution is -2.02. The number of aromatic nitrogens is 2. The van der Waals surface area contributed by atoms with Crippen LogP contribution < -0.4 is 5.32 Å². The summed E-state index contributed by atoms with van der Waals surface area (Å²) in [5.41, 5.74) is 2.93. The molecule has 0 bridgehead atoms. The highest BCUT2D eigenvalue weighted by atomic mass is 35.5. The van der Waals surface area contributed by atoms with E-state index in [0.717, 1.165) is 32.7 Å². The molecule has 0 radical (unpaired) electrons. The number of benzene rings is 2. The van der Waals surface area contributed by atoms with Crippen molar-refractivity contribution < 1.29 is 0 Å². The zero-order valence-electron chi connectivity index (χ0n) is 13.6. The third-order valence-corrected chi connectivity index (χ3v) is 5.28. The third-order valence-electron chi connectivity index (χ3n) is 4.03. The van der Waals surface area contributed by atoms with E-state index < -0.39 is 0 Å². The molecule has 0 aliphatic carbocycles. The molecule has 0 amide bonds. The van der Waals surface area contributed by atoms with Crippen molar-refractivity contribution in [2.75, 3.05) is 5.32 Å². The molecule has 4 rings (SSSR count). The van der Waals surface area contributed by atoms with E-state index >= 15 is 0 Å². The van der Waals surface area contributed by atoms with E-state index in [-0.39, 0.29) is 0 Å². The number of hydrogen-bond acceptors (Lipinski definition) is 5. The lowest BCUT2D eigenvalue weighted by molar-refractivity contribution is 1.11. The largest absolute Gasteiger partial charge is 0.365 e. The number of anilines is 1. The van der Waals surface area contributed by atoms with Crippen LogP contribution in [0, 0.1) is 11.3 Å². The predicted octanol–water partition coefficient (Wildman–Crippen LogP) is 5.50. The van der Waals surface area contributed by atoms with Gasteiger partial charge in [-0.3, -0.25) is 0 Å². The van der Waals surface area contributed by atoms with E-state index in [1.54, 1.807) is 0 Å². The first-order valence-corrected chi connectivity index (χ1v) is 9.17. The summed E-state index contributed by atoms with van der Waals surface area (Å²) in [5.74, 6) is 0.724. The van der Waals surface area contributed by atoms with Gasteiger partial charge in [-0.1, -0.05) is 54.1 Å². The highest BCUT2D eigenvalue weighted by Gasteiger charge is 2.18. The fourth-order valence-electron chi connectivity index (χ4n) is 2.82. The maximum absolute atomic E-state index is 9.60. The zero-order chi connectivity index (χ0) is 17.9. The Bertz CT molecular complexity index is 1100. The van der Waals surface area contributed by atoms with Crippen molar-refractivity contribution in [3.8, 4) is 17.2 Å². The third kappa shape index (κ3) is 3.13. The molecule has 4 aromatic rings. The van der Waals surface area contributed by atoms with Crippen LogP contribution in [0.4, 0.5) is 5.82 Å². The predicted molar refractivity (Wildman–Crippen MR) is 106 cm³/mol. The summed E-state index contributed by atoms with van der Waals surface area (Å²) in [6.07, 6.45) is 1.53. The molecule has 0 atom stereocenters. The molecular formula is C20H13ClN4S. The molecule has 0 aliphatic heterocycles. The van der Waals surface area contributed by atoms with E-state index in [4.69, 9.17) is 11.6 Å². The minimum Gasteiger partial charge on any atom is -0.365 e. The molecular weight excluding hydrogens is 364 g/mol. The maximum atomic E-state index is 9.60. The fraction of sp³-hybridized carbons (Fsp3) is 0.0500. The summed E-state index contributed by atoms with van der Waals surface area (Å²) in [6.45, 7) is 0.644. The van der Waals surface area contributed by atoms with Crippen molar-refractivity contribution in [3.63, 3.8) is 0 Å². The Morgan fingerprint density at radius 1 is 1.04 bits per heavy atom. The summed E-state index contributed by atoms with van der Waals surface area (Å²) in [7, 11) is 0. The molecule has 2 aromatic heterocycles. The van der Waals surface area contributed by atoms with E-state index in [2.05, 4.69) is 33.5 Å². The second-order valence-electron chi connectivity index (χ2n) is 5.67. The van der Waals surface area contributed by atoms with Crippen LogP contribution in [0.3, 0.4) is 0 Å². The number of halogens is 1. The molecule has 2 aromatic carbocycles.